The second-order valence-electron chi connectivity index (χ2n) is 6.42. The van der Waals surface area contributed by atoms with Gasteiger partial charge >= 0.3 is 6.18 Å². The van der Waals surface area contributed by atoms with E-state index in [1.807, 2.05) is 0 Å². The SMILES string of the molecule is N=C(N)c1[nH]c(CC(C=Nc2ccccc2F)=CN)cc1-c1cnc(C(F)(F)F)nc1. The number of nitrogens with two attached hydrogens (primary N) is 2. The topological polar surface area (TPSA) is 130 Å². The lowest BCUT2D eigenvalue weighted by molar-refractivity contribution is -0.144. The summed E-state index contributed by atoms with van der Waals surface area (Å²) in [6.45, 7) is 0. The van der Waals surface area contributed by atoms with Crippen molar-refractivity contribution in [2.24, 2.45) is 16.5 Å². The third-order valence-electron chi connectivity index (χ3n) is 4.19. The highest BCUT2D eigenvalue weighted by Gasteiger charge is 2.34. The zero-order chi connectivity index (χ0) is 22.6. The number of halogens is 4. The standard InChI is InChI=1S/C20H17F4N7/c21-15-3-1-2-4-16(15)28-8-11(7-25)5-13-6-14(17(31-13)18(26)27)12-9-29-19(30-10-12)20(22,23)24/h1-4,6-10,31H,5,25H2,(H3,26,27). The number of benzene rings is 1. The Bertz CT molecular complexity index is 1150. The van der Waals surface area contributed by atoms with E-state index < -0.39 is 17.8 Å². The molecule has 0 fully saturated rings. The average Bonchev–Trinajstić information content (AvgIpc) is 3.16. The number of allylic oxidation sites excluding steroid dienone is 1. The molecule has 0 amide bonds. The van der Waals surface area contributed by atoms with Gasteiger partial charge in [0, 0.05) is 41.8 Å². The van der Waals surface area contributed by atoms with E-state index in [0.717, 1.165) is 12.4 Å². The number of aromatic nitrogens is 3. The van der Waals surface area contributed by atoms with Gasteiger partial charge in [0.15, 0.2) is 0 Å². The van der Waals surface area contributed by atoms with Crippen molar-refractivity contribution in [3.8, 4) is 11.1 Å². The van der Waals surface area contributed by atoms with E-state index in [-0.39, 0.29) is 29.2 Å². The van der Waals surface area contributed by atoms with Crippen LogP contribution in [0.25, 0.3) is 11.1 Å². The van der Waals surface area contributed by atoms with Crippen LogP contribution in [0, 0.1) is 11.2 Å². The predicted octanol–water partition coefficient (Wildman–Crippen LogP) is 3.70. The van der Waals surface area contributed by atoms with Gasteiger partial charge in [0.05, 0.1) is 11.4 Å². The molecule has 2 aromatic heterocycles. The molecule has 3 rings (SSSR count). The van der Waals surface area contributed by atoms with E-state index in [0.29, 0.717) is 16.8 Å². The first kappa shape index (κ1) is 21.7. The fourth-order valence-corrected chi connectivity index (χ4v) is 2.74. The Balaban J connectivity index is 1.87. The summed E-state index contributed by atoms with van der Waals surface area (Å²) in [6, 6.07) is 7.57. The van der Waals surface area contributed by atoms with Crippen molar-refractivity contribution in [1.29, 1.82) is 5.41 Å². The molecule has 0 spiro atoms. The van der Waals surface area contributed by atoms with Gasteiger partial charge in [0.25, 0.3) is 0 Å². The summed E-state index contributed by atoms with van der Waals surface area (Å²) < 4.78 is 51.8. The zero-order valence-corrected chi connectivity index (χ0v) is 15.9. The van der Waals surface area contributed by atoms with Crippen molar-refractivity contribution in [1.82, 2.24) is 15.0 Å². The summed E-state index contributed by atoms with van der Waals surface area (Å²) >= 11 is 0. The largest absolute Gasteiger partial charge is 0.451 e. The summed E-state index contributed by atoms with van der Waals surface area (Å²) in [5.41, 5.74) is 13.3. The highest BCUT2D eigenvalue weighted by molar-refractivity contribution is 6.00. The number of rotatable bonds is 6. The van der Waals surface area contributed by atoms with Crippen LogP contribution in [0.5, 0.6) is 0 Å². The summed E-state index contributed by atoms with van der Waals surface area (Å²) in [5.74, 6) is -2.08. The fourth-order valence-electron chi connectivity index (χ4n) is 2.74. The van der Waals surface area contributed by atoms with Gasteiger partial charge in [-0.15, -0.1) is 0 Å². The van der Waals surface area contributed by atoms with E-state index >= 15 is 0 Å². The smallest absolute Gasteiger partial charge is 0.404 e. The maximum Gasteiger partial charge on any atom is 0.451 e. The van der Waals surface area contributed by atoms with Crippen LogP contribution < -0.4 is 11.5 Å². The molecular weight excluding hydrogens is 414 g/mol. The number of para-hydroxylation sites is 1. The molecule has 7 nitrogen and oxygen atoms in total. The van der Waals surface area contributed by atoms with E-state index in [1.54, 1.807) is 18.2 Å². The molecule has 0 aliphatic heterocycles. The van der Waals surface area contributed by atoms with E-state index in [2.05, 4.69) is 19.9 Å². The Labute approximate surface area is 174 Å². The molecule has 0 saturated carbocycles. The molecule has 3 aromatic rings. The van der Waals surface area contributed by atoms with Gasteiger partial charge in [-0.1, -0.05) is 12.1 Å². The molecule has 0 bridgehead atoms. The van der Waals surface area contributed by atoms with Gasteiger partial charge in [0.1, 0.15) is 11.7 Å². The summed E-state index contributed by atoms with van der Waals surface area (Å²) in [4.78, 5) is 13.7. The van der Waals surface area contributed by atoms with Gasteiger partial charge in [-0.25, -0.2) is 14.4 Å². The molecule has 0 aliphatic rings. The maximum atomic E-state index is 13.7. The molecule has 160 valence electrons. The zero-order valence-electron chi connectivity index (χ0n) is 15.9. The molecule has 6 N–H and O–H groups in total. The molecular formula is C20H17F4N7. The molecule has 2 heterocycles. The van der Waals surface area contributed by atoms with Crippen molar-refractivity contribution >= 4 is 17.7 Å². The van der Waals surface area contributed by atoms with Crippen molar-refractivity contribution in [2.75, 3.05) is 0 Å². The van der Waals surface area contributed by atoms with E-state index in [9.17, 15) is 17.6 Å². The van der Waals surface area contributed by atoms with Crippen LogP contribution in [0.2, 0.25) is 0 Å². The number of aromatic amines is 1. The highest BCUT2D eigenvalue weighted by Crippen LogP contribution is 2.29. The molecule has 0 unspecified atom stereocenters. The lowest BCUT2D eigenvalue weighted by atomic mass is 10.1. The quantitative estimate of drug-likeness (QED) is 0.269. The van der Waals surface area contributed by atoms with Crippen LogP contribution >= 0.6 is 0 Å². The average molecular weight is 431 g/mol. The van der Waals surface area contributed by atoms with E-state index in [4.69, 9.17) is 16.9 Å². The lowest BCUT2D eigenvalue weighted by Gasteiger charge is -2.05. The number of alkyl halides is 3. The number of nitrogens with one attached hydrogen (secondary N) is 2. The first-order valence-electron chi connectivity index (χ1n) is 8.84. The molecule has 0 saturated heterocycles. The van der Waals surface area contributed by atoms with Crippen LogP contribution in [0.3, 0.4) is 0 Å². The first-order chi connectivity index (χ1) is 14.7. The van der Waals surface area contributed by atoms with E-state index in [1.165, 1.54) is 24.5 Å². The van der Waals surface area contributed by atoms with Crippen LogP contribution in [-0.2, 0) is 12.6 Å². The number of aliphatic imine (C=N–C) groups is 1. The van der Waals surface area contributed by atoms with Crippen LogP contribution in [0.1, 0.15) is 17.2 Å². The molecule has 0 radical (unpaired) electrons. The Morgan fingerprint density at radius 3 is 2.45 bits per heavy atom. The summed E-state index contributed by atoms with van der Waals surface area (Å²) in [7, 11) is 0. The Morgan fingerprint density at radius 2 is 1.87 bits per heavy atom. The number of hydrogen-bond acceptors (Lipinski definition) is 5. The van der Waals surface area contributed by atoms with Gasteiger partial charge in [0.2, 0.25) is 5.82 Å². The Hall–Kier alpha value is -4.02. The van der Waals surface area contributed by atoms with Crippen LogP contribution in [0.15, 0.2) is 59.5 Å². The number of hydrogen-bond donors (Lipinski definition) is 4. The van der Waals surface area contributed by atoms with Gasteiger partial charge in [-0.2, -0.15) is 13.2 Å². The summed E-state index contributed by atoms with van der Waals surface area (Å²) in [6.07, 6.45) is 0.260. The van der Waals surface area contributed by atoms with Crippen molar-refractivity contribution in [2.45, 2.75) is 12.6 Å². The van der Waals surface area contributed by atoms with Gasteiger partial charge in [-0.05, 0) is 30.0 Å². The molecule has 0 atom stereocenters. The number of H-pyrrole nitrogens is 1. The van der Waals surface area contributed by atoms with Crippen molar-refractivity contribution in [3.63, 3.8) is 0 Å². The minimum atomic E-state index is -4.66. The maximum absolute atomic E-state index is 13.7. The lowest BCUT2D eigenvalue weighted by Crippen LogP contribution is -2.13. The third-order valence-corrected chi connectivity index (χ3v) is 4.19. The highest BCUT2D eigenvalue weighted by atomic mass is 19.4. The summed E-state index contributed by atoms with van der Waals surface area (Å²) in [5, 5.41) is 7.74. The predicted molar refractivity (Wildman–Crippen MR) is 108 cm³/mol. The van der Waals surface area contributed by atoms with Gasteiger partial charge < -0.3 is 16.5 Å². The molecule has 1 aromatic carbocycles. The second-order valence-corrected chi connectivity index (χ2v) is 6.42. The molecule has 31 heavy (non-hydrogen) atoms. The second kappa shape index (κ2) is 8.78. The number of nitrogen functional groups attached to an aromatic ring is 1. The molecule has 11 heteroatoms. The normalized spacial score (nSPS) is 12.5. The first-order valence-corrected chi connectivity index (χ1v) is 8.84. The Kier molecular flexibility index (Phi) is 6.14. The molecule has 0 aliphatic carbocycles. The third kappa shape index (κ3) is 5.13. The number of amidine groups is 1. The fraction of sp³-hybridized carbons (Fsp3) is 0.100. The van der Waals surface area contributed by atoms with Crippen LogP contribution in [-0.4, -0.2) is 27.0 Å². The van der Waals surface area contributed by atoms with Crippen LogP contribution in [0.4, 0.5) is 23.2 Å². The number of nitrogens with zero attached hydrogens (tertiary/aromatic N) is 3. The minimum Gasteiger partial charge on any atom is -0.404 e. The minimum absolute atomic E-state index is 0.139. The van der Waals surface area contributed by atoms with Crippen molar-refractivity contribution in [3.05, 3.63) is 77.5 Å². The Morgan fingerprint density at radius 1 is 1.19 bits per heavy atom. The van der Waals surface area contributed by atoms with Gasteiger partial charge in [-0.3, -0.25) is 10.4 Å². The monoisotopic (exact) mass is 431 g/mol. The van der Waals surface area contributed by atoms with Crippen molar-refractivity contribution < 1.29 is 17.6 Å².